The summed E-state index contributed by atoms with van der Waals surface area (Å²) < 4.78 is 1.61. The van der Waals surface area contributed by atoms with Crippen LogP contribution in [0, 0.1) is 0 Å². The molecule has 0 fully saturated rings. The minimum absolute atomic E-state index is 0.0101. The number of rotatable bonds is 7. The van der Waals surface area contributed by atoms with Crippen molar-refractivity contribution >= 4 is 12.0 Å². The third-order valence-electron chi connectivity index (χ3n) is 2.41. The van der Waals surface area contributed by atoms with Gasteiger partial charge in [0.05, 0.1) is 6.33 Å². The van der Waals surface area contributed by atoms with E-state index >= 15 is 0 Å². The van der Waals surface area contributed by atoms with Gasteiger partial charge in [-0.2, -0.15) is 0 Å². The number of nitrogens with zero attached hydrogens (tertiary/aromatic N) is 2. The maximum absolute atomic E-state index is 11.5. The Morgan fingerprint density at radius 3 is 2.95 bits per heavy atom. The number of carboxylic acid groups (broad SMARTS) is 1. The lowest BCUT2D eigenvalue weighted by atomic mass is 10.2. The Hall–Kier alpha value is -2.31. The molecular formula is C12H18N4O3. The second kappa shape index (κ2) is 7.20. The smallest absolute Gasteiger partial charge is 0.356 e. The zero-order valence-electron chi connectivity index (χ0n) is 10.8. The van der Waals surface area contributed by atoms with Gasteiger partial charge in [-0.1, -0.05) is 6.08 Å². The molecule has 1 aromatic heterocycles. The van der Waals surface area contributed by atoms with Crippen molar-refractivity contribution < 1.29 is 14.7 Å². The normalized spacial score (nSPS) is 11.6. The first kappa shape index (κ1) is 14.7. The van der Waals surface area contributed by atoms with E-state index < -0.39 is 5.97 Å². The van der Waals surface area contributed by atoms with Crippen LogP contribution >= 0.6 is 0 Å². The third kappa shape index (κ3) is 5.24. The van der Waals surface area contributed by atoms with Crippen LogP contribution in [0.2, 0.25) is 0 Å². The van der Waals surface area contributed by atoms with Crippen LogP contribution in [0.25, 0.3) is 0 Å². The molecule has 104 valence electrons. The van der Waals surface area contributed by atoms with Crippen molar-refractivity contribution in [2.24, 2.45) is 0 Å². The van der Waals surface area contributed by atoms with E-state index in [0.717, 1.165) is 0 Å². The van der Waals surface area contributed by atoms with E-state index in [4.69, 9.17) is 5.11 Å². The molecule has 3 N–H and O–H groups in total. The summed E-state index contributed by atoms with van der Waals surface area (Å²) in [5.74, 6) is -1.07. The number of amides is 2. The quantitative estimate of drug-likeness (QED) is 0.637. The Kier molecular flexibility index (Phi) is 5.59. The van der Waals surface area contributed by atoms with E-state index in [0.29, 0.717) is 19.5 Å². The molecule has 2 amide bonds. The number of hydrogen-bond acceptors (Lipinski definition) is 3. The van der Waals surface area contributed by atoms with E-state index in [2.05, 4.69) is 22.2 Å². The van der Waals surface area contributed by atoms with Crippen LogP contribution in [0.4, 0.5) is 4.79 Å². The molecule has 1 atom stereocenters. The maximum atomic E-state index is 11.5. The van der Waals surface area contributed by atoms with Crippen LogP contribution in [-0.4, -0.2) is 39.2 Å². The predicted molar refractivity (Wildman–Crippen MR) is 70.0 cm³/mol. The van der Waals surface area contributed by atoms with Gasteiger partial charge in [0.2, 0.25) is 0 Å². The number of carbonyl (C=O) groups excluding carboxylic acids is 1. The summed E-state index contributed by atoms with van der Waals surface area (Å²) in [4.78, 5) is 25.8. The van der Waals surface area contributed by atoms with Crippen molar-refractivity contribution in [2.45, 2.75) is 25.9 Å². The van der Waals surface area contributed by atoms with E-state index in [1.807, 2.05) is 6.92 Å². The van der Waals surface area contributed by atoms with Gasteiger partial charge in [0.1, 0.15) is 0 Å². The monoisotopic (exact) mass is 266 g/mol. The average molecular weight is 266 g/mol. The molecule has 1 heterocycles. The van der Waals surface area contributed by atoms with Gasteiger partial charge in [-0.25, -0.2) is 14.6 Å². The first-order valence-electron chi connectivity index (χ1n) is 5.93. The minimum Gasteiger partial charge on any atom is -0.476 e. The number of carboxylic acids is 1. The first-order valence-corrected chi connectivity index (χ1v) is 5.93. The van der Waals surface area contributed by atoms with Crippen LogP contribution in [-0.2, 0) is 6.54 Å². The summed E-state index contributed by atoms with van der Waals surface area (Å²) in [6.45, 7) is 6.33. The second-order valence-electron chi connectivity index (χ2n) is 4.13. The fourth-order valence-electron chi connectivity index (χ4n) is 1.48. The van der Waals surface area contributed by atoms with E-state index in [1.165, 1.54) is 12.5 Å². The van der Waals surface area contributed by atoms with Crippen LogP contribution in [0.3, 0.4) is 0 Å². The number of carbonyl (C=O) groups is 2. The number of nitrogens with one attached hydrogen (secondary N) is 2. The molecule has 0 aliphatic rings. The van der Waals surface area contributed by atoms with E-state index in [1.54, 1.807) is 10.6 Å². The third-order valence-corrected chi connectivity index (χ3v) is 2.41. The number of hydrogen-bond donors (Lipinski definition) is 3. The highest BCUT2D eigenvalue weighted by Crippen LogP contribution is 1.95. The van der Waals surface area contributed by atoms with Crippen LogP contribution < -0.4 is 10.6 Å². The molecule has 0 aromatic carbocycles. The molecule has 7 heteroatoms. The molecule has 0 saturated heterocycles. The summed E-state index contributed by atoms with van der Waals surface area (Å²) in [6.07, 6.45) is 5.28. The van der Waals surface area contributed by atoms with Gasteiger partial charge in [0.15, 0.2) is 5.69 Å². The van der Waals surface area contributed by atoms with Crippen molar-refractivity contribution in [3.05, 3.63) is 30.9 Å². The van der Waals surface area contributed by atoms with Gasteiger partial charge < -0.3 is 20.3 Å². The second-order valence-corrected chi connectivity index (χ2v) is 4.13. The molecule has 1 aromatic rings. The minimum atomic E-state index is -1.07. The lowest BCUT2D eigenvalue weighted by molar-refractivity contribution is 0.0691. The van der Waals surface area contributed by atoms with Gasteiger partial charge >= 0.3 is 12.0 Å². The van der Waals surface area contributed by atoms with Gasteiger partial charge in [0.25, 0.3) is 0 Å². The zero-order valence-corrected chi connectivity index (χ0v) is 10.8. The number of aromatic nitrogens is 2. The molecule has 7 nitrogen and oxygen atoms in total. The summed E-state index contributed by atoms with van der Waals surface area (Å²) in [5, 5.41) is 14.1. The first-order chi connectivity index (χ1) is 9.02. The van der Waals surface area contributed by atoms with Crippen LogP contribution in [0.15, 0.2) is 25.2 Å². The highest BCUT2D eigenvalue weighted by Gasteiger charge is 2.07. The molecule has 1 unspecified atom stereocenters. The maximum Gasteiger partial charge on any atom is 0.356 e. The largest absolute Gasteiger partial charge is 0.476 e. The van der Waals surface area contributed by atoms with Crippen molar-refractivity contribution in [3.63, 3.8) is 0 Å². The van der Waals surface area contributed by atoms with Gasteiger partial charge in [0, 0.05) is 25.3 Å². The predicted octanol–water partition coefficient (Wildman–Crippen LogP) is 0.845. The molecule has 0 spiro atoms. The Bertz CT molecular complexity index is 456. The van der Waals surface area contributed by atoms with E-state index in [-0.39, 0.29) is 17.8 Å². The molecule has 0 saturated carbocycles. The lowest BCUT2D eigenvalue weighted by Crippen LogP contribution is -2.41. The molecule has 1 rings (SSSR count). The average Bonchev–Trinajstić information content (AvgIpc) is 2.78. The lowest BCUT2D eigenvalue weighted by Gasteiger charge is -2.12. The van der Waals surface area contributed by atoms with Crippen molar-refractivity contribution in [1.82, 2.24) is 20.2 Å². The summed E-state index contributed by atoms with van der Waals surface area (Å²) in [7, 11) is 0. The Labute approximate surface area is 111 Å². The fourth-order valence-corrected chi connectivity index (χ4v) is 1.48. The summed E-state index contributed by atoms with van der Waals surface area (Å²) in [5.41, 5.74) is -0.0101. The molecule has 0 radical (unpaired) electrons. The van der Waals surface area contributed by atoms with Crippen molar-refractivity contribution in [1.29, 1.82) is 0 Å². The standard InChI is InChI=1S/C12H18N4O3/c1-3-4-9(2)15-12(19)13-5-6-16-7-10(11(17)18)14-8-16/h3,7-9H,1,4-6H2,2H3,(H,17,18)(H2,13,15,19). The van der Waals surface area contributed by atoms with Gasteiger partial charge in [-0.15, -0.1) is 6.58 Å². The number of aromatic carboxylic acids is 1. The molecule has 0 aliphatic heterocycles. The zero-order chi connectivity index (χ0) is 14.3. The van der Waals surface area contributed by atoms with Gasteiger partial charge in [-0.3, -0.25) is 0 Å². The fraction of sp³-hybridized carbons (Fsp3) is 0.417. The Balaban J connectivity index is 2.27. The number of imidazole rings is 1. The van der Waals surface area contributed by atoms with E-state index in [9.17, 15) is 9.59 Å². The van der Waals surface area contributed by atoms with Gasteiger partial charge in [-0.05, 0) is 13.3 Å². The van der Waals surface area contributed by atoms with Crippen molar-refractivity contribution in [3.8, 4) is 0 Å². The summed E-state index contributed by atoms with van der Waals surface area (Å²) in [6, 6.07) is -0.225. The molecule has 0 aliphatic carbocycles. The van der Waals surface area contributed by atoms with Crippen LogP contribution in [0.5, 0.6) is 0 Å². The number of urea groups is 1. The van der Waals surface area contributed by atoms with Crippen LogP contribution in [0.1, 0.15) is 23.8 Å². The molecular weight excluding hydrogens is 248 g/mol. The summed E-state index contributed by atoms with van der Waals surface area (Å²) >= 11 is 0. The highest BCUT2D eigenvalue weighted by molar-refractivity contribution is 5.84. The molecule has 0 bridgehead atoms. The topological polar surface area (TPSA) is 96.3 Å². The SMILES string of the molecule is C=CCC(C)NC(=O)NCCn1cnc(C(=O)O)c1. The highest BCUT2D eigenvalue weighted by atomic mass is 16.4. The Morgan fingerprint density at radius 1 is 1.63 bits per heavy atom. The molecule has 19 heavy (non-hydrogen) atoms. The Morgan fingerprint density at radius 2 is 2.37 bits per heavy atom. The van der Waals surface area contributed by atoms with Crippen molar-refractivity contribution in [2.75, 3.05) is 6.54 Å².